The summed E-state index contributed by atoms with van der Waals surface area (Å²) in [6.45, 7) is 11.5. The lowest BCUT2D eigenvalue weighted by Gasteiger charge is -2.62. The van der Waals surface area contributed by atoms with Crippen molar-refractivity contribution in [1.82, 2.24) is 4.90 Å². The van der Waals surface area contributed by atoms with Crippen LogP contribution in [-0.4, -0.2) is 35.2 Å². The Labute approximate surface area is 93.7 Å². The Hall–Kier alpha value is -0.0800. The number of hydrogen-bond donors (Lipinski definition) is 1. The Kier molecular flexibility index (Phi) is 2.63. The van der Waals surface area contributed by atoms with Crippen molar-refractivity contribution in [3.63, 3.8) is 0 Å². The maximum atomic E-state index is 9.73. The van der Waals surface area contributed by atoms with Crippen molar-refractivity contribution in [3.05, 3.63) is 0 Å². The van der Waals surface area contributed by atoms with Gasteiger partial charge in [0.15, 0.2) is 0 Å². The summed E-state index contributed by atoms with van der Waals surface area (Å²) >= 11 is 0. The Morgan fingerprint density at radius 1 is 1.20 bits per heavy atom. The highest BCUT2D eigenvalue weighted by Crippen LogP contribution is 2.49. The Balaban J connectivity index is 1.91. The van der Waals surface area contributed by atoms with Gasteiger partial charge in [-0.2, -0.15) is 0 Å². The third-order valence-electron chi connectivity index (χ3n) is 5.18. The van der Waals surface area contributed by atoms with E-state index in [2.05, 4.69) is 32.6 Å². The van der Waals surface area contributed by atoms with Crippen LogP contribution in [-0.2, 0) is 0 Å². The number of aliphatic hydroxyl groups excluding tert-OH is 1. The topological polar surface area (TPSA) is 23.5 Å². The highest BCUT2D eigenvalue weighted by molar-refractivity contribution is 5.08. The van der Waals surface area contributed by atoms with Crippen LogP contribution in [0.3, 0.4) is 0 Å². The molecular formula is C13H25NO. The first-order valence-electron chi connectivity index (χ1n) is 6.37. The lowest BCUT2D eigenvalue weighted by molar-refractivity contribution is -0.169. The van der Waals surface area contributed by atoms with Gasteiger partial charge in [-0.25, -0.2) is 0 Å². The van der Waals surface area contributed by atoms with Crippen LogP contribution in [0.25, 0.3) is 0 Å². The Morgan fingerprint density at radius 2 is 1.73 bits per heavy atom. The first-order chi connectivity index (χ1) is 6.95. The summed E-state index contributed by atoms with van der Waals surface area (Å²) < 4.78 is 0. The maximum absolute atomic E-state index is 9.73. The second kappa shape index (κ2) is 3.46. The van der Waals surface area contributed by atoms with Crippen molar-refractivity contribution in [1.29, 1.82) is 0 Å². The molecule has 0 bridgehead atoms. The largest absolute Gasteiger partial charge is 0.392 e. The summed E-state index contributed by atoms with van der Waals surface area (Å²) in [5.41, 5.74) is 0.713. The average molecular weight is 211 g/mol. The molecule has 2 aliphatic rings. The van der Waals surface area contributed by atoms with Crippen LogP contribution in [0.2, 0.25) is 0 Å². The van der Waals surface area contributed by atoms with E-state index in [0.29, 0.717) is 11.5 Å². The molecular weight excluding hydrogens is 186 g/mol. The molecule has 2 heteroatoms. The summed E-state index contributed by atoms with van der Waals surface area (Å²) in [5.74, 6) is 0. The molecule has 2 unspecified atom stereocenters. The van der Waals surface area contributed by atoms with E-state index in [4.69, 9.17) is 0 Å². The predicted octanol–water partition coefficient (Wildman–Crippen LogP) is 2.27. The molecule has 0 aromatic rings. The monoisotopic (exact) mass is 211 g/mol. The van der Waals surface area contributed by atoms with Gasteiger partial charge < -0.3 is 5.11 Å². The van der Waals surface area contributed by atoms with Crippen molar-refractivity contribution < 1.29 is 5.11 Å². The van der Waals surface area contributed by atoms with E-state index in [1.54, 1.807) is 0 Å². The molecule has 0 aromatic heterocycles. The van der Waals surface area contributed by atoms with E-state index < -0.39 is 0 Å². The van der Waals surface area contributed by atoms with Gasteiger partial charge in [0.1, 0.15) is 0 Å². The molecule has 2 fully saturated rings. The Bertz CT molecular complexity index is 237. The third kappa shape index (κ3) is 1.53. The quantitative estimate of drug-likeness (QED) is 0.774. The SMILES string of the molecule is CCC1(CC)CN(C2CC(O)C2(C)C)C1. The molecule has 2 rings (SSSR count). The second-order valence-electron chi connectivity index (χ2n) is 6.20. The van der Waals surface area contributed by atoms with Crippen molar-refractivity contribution in [2.24, 2.45) is 10.8 Å². The van der Waals surface area contributed by atoms with Crippen LogP contribution in [0.4, 0.5) is 0 Å². The normalized spacial score (nSPS) is 38.2. The summed E-state index contributed by atoms with van der Waals surface area (Å²) in [5, 5.41) is 9.73. The zero-order valence-electron chi connectivity index (χ0n) is 10.6. The van der Waals surface area contributed by atoms with Crippen LogP contribution >= 0.6 is 0 Å². The number of hydrogen-bond acceptors (Lipinski definition) is 2. The predicted molar refractivity (Wildman–Crippen MR) is 62.8 cm³/mol. The Morgan fingerprint density at radius 3 is 2.07 bits per heavy atom. The fraction of sp³-hybridized carbons (Fsp3) is 1.00. The molecule has 1 aliphatic carbocycles. The number of nitrogens with zero attached hydrogens (tertiary/aromatic N) is 1. The molecule has 2 nitrogen and oxygen atoms in total. The molecule has 1 aliphatic heterocycles. The molecule has 0 radical (unpaired) electrons. The zero-order valence-corrected chi connectivity index (χ0v) is 10.6. The van der Waals surface area contributed by atoms with Crippen LogP contribution in [0, 0.1) is 10.8 Å². The van der Waals surface area contributed by atoms with Gasteiger partial charge in [0.2, 0.25) is 0 Å². The third-order valence-corrected chi connectivity index (χ3v) is 5.18. The smallest absolute Gasteiger partial charge is 0.0621 e. The molecule has 15 heavy (non-hydrogen) atoms. The van der Waals surface area contributed by atoms with E-state index >= 15 is 0 Å². The molecule has 0 spiro atoms. The van der Waals surface area contributed by atoms with Gasteiger partial charge in [-0.1, -0.05) is 27.7 Å². The maximum Gasteiger partial charge on any atom is 0.0621 e. The molecule has 88 valence electrons. The minimum absolute atomic E-state index is 0.0826. The van der Waals surface area contributed by atoms with Gasteiger partial charge in [0.05, 0.1) is 6.10 Å². The standard InChI is InChI=1S/C13H25NO/c1-5-13(6-2)8-14(9-13)10-7-11(15)12(10,3)4/h10-11,15H,5-9H2,1-4H3. The van der Waals surface area contributed by atoms with Crippen LogP contribution in [0.15, 0.2) is 0 Å². The van der Waals surface area contributed by atoms with E-state index in [1.807, 2.05) is 0 Å². The van der Waals surface area contributed by atoms with E-state index in [9.17, 15) is 5.11 Å². The van der Waals surface area contributed by atoms with Crippen molar-refractivity contribution in [2.45, 2.75) is 59.1 Å². The molecule has 1 N–H and O–H groups in total. The number of aliphatic hydroxyl groups is 1. The molecule has 1 saturated carbocycles. The van der Waals surface area contributed by atoms with Crippen molar-refractivity contribution in [2.75, 3.05) is 13.1 Å². The van der Waals surface area contributed by atoms with Crippen LogP contribution in [0.5, 0.6) is 0 Å². The molecule has 2 atom stereocenters. The minimum atomic E-state index is -0.0826. The van der Waals surface area contributed by atoms with Gasteiger partial charge >= 0.3 is 0 Å². The van der Waals surface area contributed by atoms with Crippen LogP contribution in [0.1, 0.15) is 47.0 Å². The molecule has 0 amide bonds. The fourth-order valence-corrected chi connectivity index (χ4v) is 3.23. The average Bonchev–Trinajstić information content (AvgIpc) is 2.16. The van der Waals surface area contributed by atoms with Crippen molar-refractivity contribution in [3.8, 4) is 0 Å². The van der Waals surface area contributed by atoms with Gasteiger partial charge in [0, 0.05) is 24.5 Å². The number of rotatable bonds is 3. The second-order valence-corrected chi connectivity index (χ2v) is 6.20. The van der Waals surface area contributed by atoms with Crippen LogP contribution < -0.4 is 0 Å². The first kappa shape index (κ1) is 11.4. The zero-order chi connectivity index (χ0) is 11.3. The molecule has 1 heterocycles. The van der Waals surface area contributed by atoms with Gasteiger partial charge in [-0.15, -0.1) is 0 Å². The summed E-state index contributed by atoms with van der Waals surface area (Å²) in [6, 6.07) is 0.624. The van der Waals surface area contributed by atoms with Gasteiger partial charge in [-0.3, -0.25) is 4.90 Å². The van der Waals surface area contributed by atoms with Gasteiger partial charge in [-0.05, 0) is 24.7 Å². The first-order valence-corrected chi connectivity index (χ1v) is 6.37. The molecule has 0 aromatic carbocycles. The molecule has 1 saturated heterocycles. The lowest BCUT2D eigenvalue weighted by atomic mass is 9.61. The highest BCUT2D eigenvalue weighted by Gasteiger charge is 2.54. The van der Waals surface area contributed by atoms with E-state index in [0.717, 1.165) is 6.42 Å². The highest BCUT2D eigenvalue weighted by atomic mass is 16.3. The summed E-state index contributed by atoms with van der Waals surface area (Å²) in [6.07, 6.45) is 3.50. The van der Waals surface area contributed by atoms with E-state index in [1.165, 1.54) is 25.9 Å². The van der Waals surface area contributed by atoms with Crippen molar-refractivity contribution >= 4 is 0 Å². The minimum Gasteiger partial charge on any atom is -0.392 e. The van der Waals surface area contributed by atoms with Gasteiger partial charge in [0.25, 0.3) is 0 Å². The lowest BCUT2D eigenvalue weighted by Crippen LogP contribution is -2.69. The van der Waals surface area contributed by atoms with E-state index in [-0.39, 0.29) is 11.5 Å². The number of likely N-dealkylation sites (tertiary alicyclic amines) is 1. The summed E-state index contributed by atoms with van der Waals surface area (Å²) in [4.78, 5) is 2.58. The summed E-state index contributed by atoms with van der Waals surface area (Å²) in [7, 11) is 0. The fourth-order valence-electron chi connectivity index (χ4n) is 3.23.